The number of hydrazine groups is 1. The van der Waals surface area contributed by atoms with Gasteiger partial charge in [0.25, 0.3) is 0 Å². The van der Waals surface area contributed by atoms with Crippen molar-refractivity contribution in [1.29, 1.82) is 0 Å². The molecule has 10 heavy (non-hydrogen) atoms. The Bertz CT molecular complexity index is 163. The molecule has 6 N–H and O–H groups in total. The Morgan fingerprint density at radius 3 is 2.40 bits per heavy atom. The van der Waals surface area contributed by atoms with Gasteiger partial charge in [-0.25, -0.2) is 5.43 Å². The molecule has 0 aromatic rings. The molecule has 1 rings (SSSR count). The Labute approximate surface area is 60.6 Å². The standard InChI is InChI=1S/C6H14N4/c1-4(2)6(8)5(7)3-9-10-6/h3-4,9-10H,7-8H2,1-2H3. The second-order valence-electron chi connectivity index (χ2n) is 2.89. The van der Waals surface area contributed by atoms with E-state index in [0.29, 0.717) is 5.70 Å². The minimum atomic E-state index is -0.569. The molecule has 0 spiro atoms. The van der Waals surface area contributed by atoms with Crippen LogP contribution in [0.2, 0.25) is 0 Å². The van der Waals surface area contributed by atoms with Crippen LogP contribution in [0.1, 0.15) is 13.8 Å². The lowest BCUT2D eigenvalue weighted by Crippen LogP contribution is -2.59. The molecule has 1 heterocycles. The van der Waals surface area contributed by atoms with Crippen molar-refractivity contribution in [2.24, 2.45) is 17.4 Å². The van der Waals surface area contributed by atoms with E-state index in [-0.39, 0.29) is 5.92 Å². The van der Waals surface area contributed by atoms with E-state index < -0.39 is 5.66 Å². The third kappa shape index (κ3) is 0.853. The van der Waals surface area contributed by atoms with Gasteiger partial charge in [0, 0.05) is 6.20 Å². The Morgan fingerprint density at radius 1 is 1.60 bits per heavy atom. The van der Waals surface area contributed by atoms with E-state index in [4.69, 9.17) is 11.5 Å². The first-order chi connectivity index (χ1) is 4.57. The van der Waals surface area contributed by atoms with Crippen LogP contribution in [0.5, 0.6) is 0 Å². The summed E-state index contributed by atoms with van der Waals surface area (Å²) >= 11 is 0. The molecule has 0 saturated carbocycles. The van der Waals surface area contributed by atoms with Crippen molar-refractivity contribution in [3.05, 3.63) is 11.9 Å². The van der Waals surface area contributed by atoms with E-state index in [0.717, 1.165) is 0 Å². The minimum Gasteiger partial charge on any atom is -0.398 e. The van der Waals surface area contributed by atoms with Crippen molar-refractivity contribution in [2.45, 2.75) is 19.5 Å². The second kappa shape index (κ2) is 2.14. The van der Waals surface area contributed by atoms with Crippen molar-refractivity contribution in [3.63, 3.8) is 0 Å². The maximum atomic E-state index is 5.88. The summed E-state index contributed by atoms with van der Waals surface area (Å²) in [5.74, 6) is 0.277. The predicted molar refractivity (Wildman–Crippen MR) is 40.3 cm³/mol. The second-order valence-corrected chi connectivity index (χ2v) is 2.89. The molecule has 0 fully saturated rings. The van der Waals surface area contributed by atoms with Crippen molar-refractivity contribution in [1.82, 2.24) is 10.9 Å². The molecule has 0 amide bonds. The van der Waals surface area contributed by atoms with Crippen LogP contribution in [-0.2, 0) is 0 Å². The molecule has 0 bridgehead atoms. The Kier molecular flexibility index (Phi) is 1.58. The quantitative estimate of drug-likeness (QED) is 0.387. The monoisotopic (exact) mass is 142 g/mol. The largest absolute Gasteiger partial charge is 0.398 e. The molecule has 0 aromatic heterocycles. The normalized spacial score (nSPS) is 32.2. The summed E-state index contributed by atoms with van der Waals surface area (Å²) in [6.45, 7) is 4.03. The molecule has 1 unspecified atom stereocenters. The summed E-state index contributed by atoms with van der Waals surface area (Å²) < 4.78 is 0. The van der Waals surface area contributed by atoms with Gasteiger partial charge in [-0.3, -0.25) is 0 Å². The Hall–Kier alpha value is -0.740. The maximum absolute atomic E-state index is 5.88. The summed E-state index contributed by atoms with van der Waals surface area (Å²) in [7, 11) is 0. The molecular formula is C6H14N4. The highest BCUT2D eigenvalue weighted by atomic mass is 15.5. The molecule has 1 aliphatic heterocycles. The van der Waals surface area contributed by atoms with E-state index in [1.54, 1.807) is 6.20 Å². The fourth-order valence-electron chi connectivity index (χ4n) is 0.903. The van der Waals surface area contributed by atoms with Gasteiger partial charge in [0.2, 0.25) is 0 Å². The van der Waals surface area contributed by atoms with Gasteiger partial charge >= 0.3 is 0 Å². The first-order valence-corrected chi connectivity index (χ1v) is 3.35. The zero-order chi connectivity index (χ0) is 7.78. The van der Waals surface area contributed by atoms with E-state index in [1.165, 1.54) is 0 Å². The van der Waals surface area contributed by atoms with Gasteiger partial charge < -0.3 is 16.9 Å². The van der Waals surface area contributed by atoms with E-state index in [2.05, 4.69) is 10.9 Å². The number of rotatable bonds is 1. The third-order valence-electron chi connectivity index (χ3n) is 1.90. The molecule has 58 valence electrons. The van der Waals surface area contributed by atoms with Crippen LogP contribution in [0.3, 0.4) is 0 Å². The van der Waals surface area contributed by atoms with Gasteiger partial charge in [0.05, 0.1) is 5.70 Å². The van der Waals surface area contributed by atoms with E-state index >= 15 is 0 Å². The first-order valence-electron chi connectivity index (χ1n) is 3.35. The van der Waals surface area contributed by atoms with Crippen LogP contribution in [0.25, 0.3) is 0 Å². The third-order valence-corrected chi connectivity index (χ3v) is 1.90. The fourth-order valence-corrected chi connectivity index (χ4v) is 0.903. The van der Waals surface area contributed by atoms with E-state index in [1.807, 2.05) is 13.8 Å². The highest BCUT2D eigenvalue weighted by molar-refractivity contribution is 5.18. The molecule has 4 heteroatoms. The van der Waals surface area contributed by atoms with E-state index in [9.17, 15) is 0 Å². The Morgan fingerprint density at radius 2 is 2.20 bits per heavy atom. The zero-order valence-corrected chi connectivity index (χ0v) is 6.31. The summed E-state index contributed by atoms with van der Waals surface area (Å²) in [6, 6.07) is 0. The van der Waals surface area contributed by atoms with Crippen molar-refractivity contribution in [3.8, 4) is 0 Å². The number of nitrogens with two attached hydrogens (primary N) is 2. The molecule has 0 aromatic carbocycles. The smallest absolute Gasteiger partial charge is 0.127 e. The van der Waals surface area contributed by atoms with Crippen LogP contribution in [0.15, 0.2) is 11.9 Å². The van der Waals surface area contributed by atoms with Gasteiger partial charge in [0.15, 0.2) is 0 Å². The minimum absolute atomic E-state index is 0.277. The highest BCUT2D eigenvalue weighted by Gasteiger charge is 2.34. The average molecular weight is 142 g/mol. The van der Waals surface area contributed by atoms with Crippen molar-refractivity contribution < 1.29 is 0 Å². The summed E-state index contributed by atoms with van der Waals surface area (Å²) in [6.07, 6.45) is 1.68. The lowest BCUT2D eigenvalue weighted by molar-refractivity contribution is 0.295. The molecule has 1 atom stereocenters. The SMILES string of the molecule is CC(C)C1(N)NNC=C1N. The van der Waals surface area contributed by atoms with Gasteiger partial charge in [0.1, 0.15) is 5.66 Å². The molecule has 0 radical (unpaired) electrons. The summed E-state index contributed by atoms with van der Waals surface area (Å²) in [5.41, 5.74) is 17.3. The van der Waals surface area contributed by atoms with Crippen molar-refractivity contribution >= 4 is 0 Å². The van der Waals surface area contributed by atoms with Crippen LogP contribution in [-0.4, -0.2) is 5.66 Å². The van der Waals surface area contributed by atoms with Crippen LogP contribution in [0, 0.1) is 5.92 Å². The topological polar surface area (TPSA) is 76.1 Å². The first kappa shape index (κ1) is 7.37. The molecule has 0 aliphatic carbocycles. The number of hydrogen-bond acceptors (Lipinski definition) is 4. The number of hydrogen-bond donors (Lipinski definition) is 4. The fraction of sp³-hybridized carbons (Fsp3) is 0.667. The summed E-state index contributed by atoms with van der Waals surface area (Å²) in [4.78, 5) is 0. The molecule has 0 saturated heterocycles. The van der Waals surface area contributed by atoms with Gasteiger partial charge in [-0.05, 0) is 5.92 Å². The van der Waals surface area contributed by atoms with Gasteiger partial charge in [-0.2, -0.15) is 0 Å². The van der Waals surface area contributed by atoms with Crippen molar-refractivity contribution in [2.75, 3.05) is 0 Å². The zero-order valence-electron chi connectivity index (χ0n) is 6.31. The Balaban J connectivity index is 2.78. The average Bonchev–Trinajstić information content (AvgIpc) is 2.15. The lowest BCUT2D eigenvalue weighted by Gasteiger charge is -2.29. The number of nitrogens with one attached hydrogen (secondary N) is 2. The van der Waals surface area contributed by atoms with Gasteiger partial charge in [-0.15, -0.1) is 0 Å². The predicted octanol–water partition coefficient (Wildman–Crippen LogP) is -0.795. The van der Waals surface area contributed by atoms with Crippen LogP contribution >= 0.6 is 0 Å². The summed E-state index contributed by atoms with van der Waals surface area (Å²) in [5, 5.41) is 0. The lowest BCUT2D eigenvalue weighted by atomic mass is 9.96. The van der Waals surface area contributed by atoms with Crippen LogP contribution < -0.4 is 22.3 Å². The molecule has 4 nitrogen and oxygen atoms in total. The highest BCUT2D eigenvalue weighted by Crippen LogP contribution is 2.17. The molecule has 1 aliphatic rings. The van der Waals surface area contributed by atoms with Crippen LogP contribution in [0.4, 0.5) is 0 Å². The maximum Gasteiger partial charge on any atom is 0.127 e. The molecular weight excluding hydrogens is 128 g/mol. The van der Waals surface area contributed by atoms with Gasteiger partial charge in [-0.1, -0.05) is 13.8 Å².